The first-order valence-electron chi connectivity index (χ1n) is 10.2. The highest BCUT2D eigenvalue weighted by molar-refractivity contribution is 5.93. The molecule has 1 atom stereocenters. The van der Waals surface area contributed by atoms with E-state index in [2.05, 4.69) is 10.6 Å². The summed E-state index contributed by atoms with van der Waals surface area (Å²) in [5.41, 5.74) is 4.99. The van der Waals surface area contributed by atoms with Gasteiger partial charge in [-0.05, 0) is 72.1 Å². The number of alkyl carbamates (subject to hydrolysis) is 1. The molecule has 0 fully saturated rings. The van der Waals surface area contributed by atoms with Crippen LogP contribution in [0, 0.1) is 0 Å². The van der Waals surface area contributed by atoms with E-state index in [0.29, 0.717) is 12.8 Å². The van der Waals surface area contributed by atoms with Gasteiger partial charge in [-0.2, -0.15) is 0 Å². The van der Waals surface area contributed by atoms with Gasteiger partial charge in [0.05, 0.1) is 12.2 Å². The van der Waals surface area contributed by atoms with E-state index in [9.17, 15) is 19.5 Å². The molecule has 0 unspecified atom stereocenters. The Morgan fingerprint density at radius 1 is 1.06 bits per heavy atom. The zero-order chi connectivity index (χ0) is 23.8. The largest absolute Gasteiger partial charge is 0.506 e. The van der Waals surface area contributed by atoms with Crippen molar-refractivity contribution in [3.8, 4) is 5.75 Å². The first kappa shape index (κ1) is 26.2. The normalized spacial score (nSPS) is 12.6. The fourth-order valence-electron chi connectivity index (χ4n) is 2.68. The quantitative estimate of drug-likeness (QED) is 0.362. The Labute approximate surface area is 183 Å². The van der Waals surface area contributed by atoms with Crippen molar-refractivity contribution in [2.75, 3.05) is 11.9 Å². The third-order valence-corrected chi connectivity index (χ3v) is 3.84. The molecule has 0 spiro atoms. The highest BCUT2D eigenvalue weighted by Crippen LogP contribution is 2.25. The highest BCUT2D eigenvalue weighted by atomic mass is 16.6. The lowest BCUT2D eigenvalue weighted by Gasteiger charge is -2.24. The van der Waals surface area contributed by atoms with Gasteiger partial charge in [-0.25, -0.2) is 4.79 Å². The molecule has 9 heteroatoms. The van der Waals surface area contributed by atoms with Crippen LogP contribution in [0.5, 0.6) is 5.75 Å². The predicted molar refractivity (Wildman–Crippen MR) is 118 cm³/mol. The van der Waals surface area contributed by atoms with Gasteiger partial charge < -0.3 is 30.9 Å². The molecule has 0 bridgehead atoms. The van der Waals surface area contributed by atoms with Crippen LogP contribution in [-0.4, -0.2) is 46.9 Å². The molecule has 2 amide bonds. The van der Waals surface area contributed by atoms with Gasteiger partial charge in [-0.15, -0.1) is 0 Å². The van der Waals surface area contributed by atoms with Crippen LogP contribution in [0.25, 0.3) is 0 Å². The van der Waals surface area contributed by atoms with Crippen molar-refractivity contribution in [3.05, 3.63) is 23.8 Å². The number of hydrogen-bond acceptors (Lipinski definition) is 7. The molecule has 9 nitrogen and oxygen atoms in total. The number of anilines is 1. The Bertz CT molecular complexity index is 780. The van der Waals surface area contributed by atoms with Gasteiger partial charge in [0.1, 0.15) is 17.0 Å². The summed E-state index contributed by atoms with van der Waals surface area (Å²) in [6.07, 6.45) is 0.164. The Morgan fingerprint density at radius 2 is 1.68 bits per heavy atom. The number of amides is 2. The first-order chi connectivity index (χ1) is 14.2. The molecule has 1 rings (SSSR count). The minimum absolute atomic E-state index is 0.101. The van der Waals surface area contributed by atoms with Crippen molar-refractivity contribution >= 4 is 23.7 Å². The monoisotopic (exact) mass is 437 g/mol. The summed E-state index contributed by atoms with van der Waals surface area (Å²) in [5, 5.41) is 15.3. The van der Waals surface area contributed by atoms with Gasteiger partial charge in [-0.3, -0.25) is 9.59 Å². The van der Waals surface area contributed by atoms with Crippen LogP contribution in [-0.2, 0) is 25.5 Å². The topological polar surface area (TPSA) is 140 Å². The zero-order valence-corrected chi connectivity index (χ0v) is 19.2. The number of nitrogens with one attached hydrogen (secondary N) is 2. The number of rotatable bonds is 8. The lowest BCUT2D eigenvalue weighted by molar-refractivity contribution is -0.155. The predicted octanol–water partition coefficient (Wildman–Crippen LogP) is 2.85. The summed E-state index contributed by atoms with van der Waals surface area (Å²) in [6.45, 7) is 10.4. The summed E-state index contributed by atoms with van der Waals surface area (Å²) in [4.78, 5) is 36.0. The molecule has 0 saturated heterocycles. The summed E-state index contributed by atoms with van der Waals surface area (Å²) < 4.78 is 10.7. The number of carbonyl (C=O) groups excluding carboxylic acids is 3. The minimum Gasteiger partial charge on any atom is -0.506 e. The van der Waals surface area contributed by atoms with Crippen molar-refractivity contribution in [2.45, 2.75) is 78.0 Å². The first-order valence-corrected chi connectivity index (χ1v) is 10.2. The minimum atomic E-state index is -0.669. The smallest absolute Gasteiger partial charge is 0.407 e. The summed E-state index contributed by atoms with van der Waals surface area (Å²) in [6, 6.07) is 4.27. The average Bonchev–Trinajstić information content (AvgIpc) is 2.59. The van der Waals surface area contributed by atoms with Crippen molar-refractivity contribution < 1.29 is 29.0 Å². The van der Waals surface area contributed by atoms with Crippen LogP contribution in [0.2, 0.25) is 0 Å². The number of esters is 1. The molecule has 0 aliphatic rings. The summed E-state index contributed by atoms with van der Waals surface area (Å²) >= 11 is 0. The molecule has 0 aliphatic heterocycles. The third-order valence-electron chi connectivity index (χ3n) is 3.84. The fraction of sp³-hybridized carbons (Fsp3) is 0.591. The van der Waals surface area contributed by atoms with Crippen LogP contribution in [0.4, 0.5) is 10.5 Å². The second-order valence-corrected chi connectivity index (χ2v) is 9.28. The van der Waals surface area contributed by atoms with Gasteiger partial charge in [-0.1, -0.05) is 6.07 Å². The standard InChI is InChI=1S/C22H35N3O6/c1-21(2,3)30-19(28)10-8-15(24-20(29)31-22(4,5)6)11-14-7-9-17(26)16(12-14)25-18(27)13-23/h7,9,12,15,26H,8,10-11,13,23H2,1-6H3,(H,24,29)(H,25,27)/t15-/m1/s1. The van der Waals surface area contributed by atoms with E-state index in [1.807, 2.05) is 0 Å². The number of carbonyl (C=O) groups is 3. The maximum atomic E-state index is 12.3. The number of aromatic hydroxyl groups is 1. The number of nitrogens with two attached hydrogens (primary N) is 1. The molecule has 0 radical (unpaired) electrons. The summed E-state index contributed by atoms with van der Waals surface area (Å²) in [5.74, 6) is -0.915. The molecule has 0 saturated carbocycles. The van der Waals surface area contributed by atoms with Crippen LogP contribution >= 0.6 is 0 Å². The highest BCUT2D eigenvalue weighted by Gasteiger charge is 2.22. The van der Waals surface area contributed by atoms with Crippen molar-refractivity contribution in [1.82, 2.24) is 5.32 Å². The van der Waals surface area contributed by atoms with E-state index in [1.165, 1.54) is 6.07 Å². The van der Waals surface area contributed by atoms with E-state index in [1.54, 1.807) is 53.7 Å². The lowest BCUT2D eigenvalue weighted by Crippen LogP contribution is -2.40. The Hall–Kier alpha value is -2.81. The Kier molecular flexibility index (Phi) is 9.30. The number of ether oxygens (including phenoxy) is 2. The SMILES string of the molecule is CC(C)(C)OC(=O)CC[C@H](Cc1ccc(O)c(NC(=O)CN)c1)NC(=O)OC(C)(C)C. The fourth-order valence-corrected chi connectivity index (χ4v) is 2.68. The molecule has 5 N–H and O–H groups in total. The second kappa shape index (κ2) is 11.0. The molecule has 174 valence electrons. The second-order valence-electron chi connectivity index (χ2n) is 9.28. The van der Waals surface area contributed by atoms with Crippen LogP contribution in [0.15, 0.2) is 18.2 Å². The van der Waals surface area contributed by atoms with Crippen molar-refractivity contribution in [3.63, 3.8) is 0 Å². The molecule has 0 aromatic heterocycles. The maximum Gasteiger partial charge on any atom is 0.407 e. The van der Waals surface area contributed by atoms with Gasteiger partial charge in [0.25, 0.3) is 0 Å². The van der Waals surface area contributed by atoms with E-state index in [-0.39, 0.29) is 30.4 Å². The molecule has 31 heavy (non-hydrogen) atoms. The van der Waals surface area contributed by atoms with Crippen molar-refractivity contribution in [1.29, 1.82) is 0 Å². The van der Waals surface area contributed by atoms with Gasteiger partial charge in [0, 0.05) is 12.5 Å². The van der Waals surface area contributed by atoms with Crippen LogP contribution in [0.1, 0.15) is 59.9 Å². The lowest BCUT2D eigenvalue weighted by atomic mass is 10.0. The van der Waals surface area contributed by atoms with Crippen LogP contribution in [0.3, 0.4) is 0 Å². The van der Waals surface area contributed by atoms with Gasteiger partial charge >= 0.3 is 12.1 Å². The third kappa shape index (κ3) is 11.2. The molecule has 1 aromatic rings. The Morgan fingerprint density at radius 3 is 2.23 bits per heavy atom. The maximum absolute atomic E-state index is 12.3. The molecule has 1 aromatic carbocycles. The van der Waals surface area contributed by atoms with Crippen LogP contribution < -0.4 is 16.4 Å². The molecular weight excluding hydrogens is 402 g/mol. The van der Waals surface area contributed by atoms with Crippen molar-refractivity contribution in [2.24, 2.45) is 5.73 Å². The van der Waals surface area contributed by atoms with Gasteiger partial charge in [0.15, 0.2) is 0 Å². The van der Waals surface area contributed by atoms with E-state index in [4.69, 9.17) is 15.2 Å². The number of hydrogen-bond donors (Lipinski definition) is 4. The number of phenols is 1. The van der Waals surface area contributed by atoms with E-state index >= 15 is 0 Å². The molecule has 0 heterocycles. The number of benzene rings is 1. The average molecular weight is 438 g/mol. The number of phenolic OH excluding ortho intramolecular Hbond substituents is 1. The van der Waals surface area contributed by atoms with E-state index < -0.39 is 29.2 Å². The zero-order valence-electron chi connectivity index (χ0n) is 19.2. The summed E-state index contributed by atoms with van der Waals surface area (Å²) in [7, 11) is 0. The molecule has 0 aliphatic carbocycles. The Balaban J connectivity index is 2.94. The van der Waals surface area contributed by atoms with Gasteiger partial charge in [0.2, 0.25) is 5.91 Å². The molecular formula is C22H35N3O6. The van der Waals surface area contributed by atoms with E-state index in [0.717, 1.165) is 5.56 Å².